The van der Waals surface area contributed by atoms with Gasteiger partial charge in [-0.2, -0.15) is 0 Å². The number of anilines is 1. The highest BCUT2D eigenvalue weighted by atomic mass is 16.5. The smallest absolute Gasteiger partial charge is 0.343 e. The number of nitrogens with zero attached hydrogens (tertiary/aromatic N) is 1. The maximum absolute atomic E-state index is 12.6. The largest absolute Gasteiger partial charge is 0.493 e. The maximum Gasteiger partial charge on any atom is 0.343 e. The minimum absolute atomic E-state index is 0.273. The standard InChI is InChI=1S/C23H17NO6/c1-28-19-12-7-14(13-20(19)29-2)23(27)30-16-10-8-15(9-11-16)24-21(25)17-5-3-4-6-18(17)22(24)26/h3-13H,1-2H3. The van der Waals surface area contributed by atoms with Crippen LogP contribution in [0.15, 0.2) is 66.7 Å². The third-order valence-electron chi connectivity index (χ3n) is 4.72. The van der Waals surface area contributed by atoms with Gasteiger partial charge in [0, 0.05) is 0 Å². The van der Waals surface area contributed by atoms with E-state index in [9.17, 15) is 14.4 Å². The van der Waals surface area contributed by atoms with Gasteiger partial charge in [-0.05, 0) is 54.6 Å². The normalized spacial score (nSPS) is 12.5. The number of esters is 1. The topological polar surface area (TPSA) is 82.1 Å². The molecule has 30 heavy (non-hydrogen) atoms. The van der Waals surface area contributed by atoms with Crippen LogP contribution in [0.4, 0.5) is 5.69 Å². The summed E-state index contributed by atoms with van der Waals surface area (Å²) in [5.41, 5.74) is 1.42. The number of carbonyl (C=O) groups is 3. The molecular formula is C23H17NO6. The number of carbonyl (C=O) groups excluding carboxylic acids is 3. The molecule has 0 N–H and O–H groups in total. The molecule has 0 radical (unpaired) electrons. The molecule has 1 heterocycles. The Hall–Kier alpha value is -4.13. The fourth-order valence-corrected chi connectivity index (χ4v) is 3.22. The van der Waals surface area contributed by atoms with E-state index in [0.29, 0.717) is 28.3 Å². The first-order valence-electron chi connectivity index (χ1n) is 9.05. The first kappa shape index (κ1) is 19.2. The molecule has 2 amide bonds. The Labute approximate surface area is 172 Å². The molecule has 1 aliphatic heterocycles. The zero-order chi connectivity index (χ0) is 21.3. The lowest BCUT2D eigenvalue weighted by Crippen LogP contribution is -2.29. The van der Waals surface area contributed by atoms with Crippen molar-refractivity contribution in [3.63, 3.8) is 0 Å². The number of imide groups is 1. The van der Waals surface area contributed by atoms with Gasteiger partial charge in [-0.3, -0.25) is 9.59 Å². The van der Waals surface area contributed by atoms with Crippen molar-refractivity contribution in [1.82, 2.24) is 0 Å². The third kappa shape index (κ3) is 3.26. The Bertz CT molecular complexity index is 1120. The number of rotatable bonds is 5. The molecule has 0 saturated carbocycles. The van der Waals surface area contributed by atoms with E-state index in [0.717, 1.165) is 4.90 Å². The number of hydrogen-bond donors (Lipinski definition) is 0. The summed E-state index contributed by atoms with van der Waals surface area (Å²) in [6.45, 7) is 0. The van der Waals surface area contributed by atoms with Crippen molar-refractivity contribution >= 4 is 23.5 Å². The molecule has 7 nitrogen and oxygen atoms in total. The minimum Gasteiger partial charge on any atom is -0.493 e. The number of fused-ring (bicyclic) bond motifs is 1. The molecule has 150 valence electrons. The first-order valence-corrected chi connectivity index (χ1v) is 9.05. The van der Waals surface area contributed by atoms with Crippen molar-refractivity contribution in [2.24, 2.45) is 0 Å². The number of methoxy groups -OCH3 is 2. The minimum atomic E-state index is -0.579. The molecule has 0 spiro atoms. The van der Waals surface area contributed by atoms with Crippen LogP contribution < -0.4 is 19.1 Å². The van der Waals surface area contributed by atoms with Gasteiger partial charge in [0.1, 0.15) is 5.75 Å². The Morgan fingerprint density at radius 1 is 0.767 bits per heavy atom. The van der Waals surface area contributed by atoms with Crippen molar-refractivity contribution in [2.45, 2.75) is 0 Å². The lowest BCUT2D eigenvalue weighted by Gasteiger charge is -2.14. The third-order valence-corrected chi connectivity index (χ3v) is 4.72. The number of ether oxygens (including phenoxy) is 3. The Morgan fingerprint density at radius 3 is 1.93 bits per heavy atom. The zero-order valence-corrected chi connectivity index (χ0v) is 16.2. The average Bonchev–Trinajstić information content (AvgIpc) is 3.04. The van der Waals surface area contributed by atoms with Crippen molar-refractivity contribution < 1.29 is 28.6 Å². The van der Waals surface area contributed by atoms with Gasteiger partial charge in [0.05, 0.1) is 36.6 Å². The van der Waals surface area contributed by atoms with Crippen molar-refractivity contribution in [3.8, 4) is 17.2 Å². The quantitative estimate of drug-likeness (QED) is 0.367. The van der Waals surface area contributed by atoms with E-state index in [4.69, 9.17) is 14.2 Å². The second-order valence-corrected chi connectivity index (χ2v) is 6.44. The van der Waals surface area contributed by atoms with Crippen LogP contribution in [0.25, 0.3) is 0 Å². The summed E-state index contributed by atoms with van der Waals surface area (Å²) in [4.78, 5) is 38.7. The van der Waals surface area contributed by atoms with Crippen LogP contribution in [0.3, 0.4) is 0 Å². The molecule has 4 rings (SSSR count). The van der Waals surface area contributed by atoms with E-state index in [1.807, 2.05) is 0 Å². The second-order valence-electron chi connectivity index (χ2n) is 6.44. The molecule has 0 atom stereocenters. The highest BCUT2D eigenvalue weighted by molar-refractivity contribution is 6.34. The first-order chi connectivity index (χ1) is 14.5. The SMILES string of the molecule is COc1ccc(C(=O)Oc2ccc(N3C(=O)c4ccccc4C3=O)cc2)cc1OC. The van der Waals surface area contributed by atoms with Crippen LogP contribution >= 0.6 is 0 Å². The van der Waals surface area contributed by atoms with Crippen LogP contribution in [0, 0.1) is 0 Å². The average molecular weight is 403 g/mol. The van der Waals surface area contributed by atoms with Crippen LogP contribution in [-0.2, 0) is 0 Å². The number of benzene rings is 3. The Kier molecular flexibility index (Phi) is 4.93. The maximum atomic E-state index is 12.6. The lowest BCUT2D eigenvalue weighted by atomic mass is 10.1. The van der Waals surface area contributed by atoms with Gasteiger partial charge < -0.3 is 14.2 Å². The molecule has 0 aliphatic carbocycles. The lowest BCUT2D eigenvalue weighted by molar-refractivity contribution is 0.0733. The van der Waals surface area contributed by atoms with Gasteiger partial charge in [0.2, 0.25) is 0 Å². The monoisotopic (exact) mass is 403 g/mol. The molecule has 0 aromatic heterocycles. The van der Waals surface area contributed by atoms with Crippen LogP contribution in [0.1, 0.15) is 31.1 Å². The zero-order valence-electron chi connectivity index (χ0n) is 16.2. The molecule has 1 aliphatic rings. The highest BCUT2D eigenvalue weighted by Gasteiger charge is 2.36. The summed E-state index contributed by atoms with van der Waals surface area (Å²) in [6.07, 6.45) is 0. The fraction of sp³-hybridized carbons (Fsp3) is 0.0870. The highest BCUT2D eigenvalue weighted by Crippen LogP contribution is 2.30. The number of hydrogen-bond acceptors (Lipinski definition) is 6. The Balaban J connectivity index is 1.52. The molecule has 3 aromatic rings. The van der Waals surface area contributed by atoms with Gasteiger partial charge in [-0.25, -0.2) is 9.69 Å². The van der Waals surface area contributed by atoms with Crippen LogP contribution in [0.2, 0.25) is 0 Å². The van der Waals surface area contributed by atoms with E-state index < -0.39 is 5.97 Å². The number of amides is 2. The molecular weight excluding hydrogens is 386 g/mol. The molecule has 0 saturated heterocycles. The van der Waals surface area contributed by atoms with Gasteiger partial charge in [-0.1, -0.05) is 12.1 Å². The second kappa shape index (κ2) is 7.71. The summed E-state index contributed by atoms with van der Waals surface area (Å²) < 4.78 is 15.7. The summed E-state index contributed by atoms with van der Waals surface area (Å²) in [5, 5.41) is 0. The predicted octanol–water partition coefficient (Wildman–Crippen LogP) is 3.72. The fourth-order valence-electron chi connectivity index (χ4n) is 3.22. The summed E-state index contributed by atoms with van der Waals surface area (Å²) in [5.74, 6) is -0.164. The van der Waals surface area contributed by atoms with Crippen molar-refractivity contribution in [1.29, 1.82) is 0 Å². The molecule has 0 unspecified atom stereocenters. The van der Waals surface area contributed by atoms with Crippen LogP contribution in [0.5, 0.6) is 17.2 Å². The van der Waals surface area contributed by atoms with E-state index in [1.54, 1.807) is 48.5 Å². The van der Waals surface area contributed by atoms with Gasteiger partial charge in [0.15, 0.2) is 11.5 Å². The van der Waals surface area contributed by atoms with E-state index in [2.05, 4.69) is 0 Å². The molecule has 0 fully saturated rings. The van der Waals surface area contributed by atoms with Crippen LogP contribution in [-0.4, -0.2) is 32.0 Å². The molecule has 3 aromatic carbocycles. The molecule has 7 heteroatoms. The van der Waals surface area contributed by atoms with Gasteiger partial charge >= 0.3 is 5.97 Å². The van der Waals surface area contributed by atoms with E-state index in [1.165, 1.54) is 32.4 Å². The van der Waals surface area contributed by atoms with Gasteiger partial charge in [0.25, 0.3) is 11.8 Å². The van der Waals surface area contributed by atoms with E-state index in [-0.39, 0.29) is 23.1 Å². The Morgan fingerprint density at radius 2 is 1.37 bits per heavy atom. The summed E-state index contributed by atoms with van der Waals surface area (Å²) in [7, 11) is 2.98. The van der Waals surface area contributed by atoms with Crippen molar-refractivity contribution in [3.05, 3.63) is 83.4 Å². The predicted molar refractivity (Wildman–Crippen MR) is 109 cm³/mol. The summed E-state index contributed by atoms with van der Waals surface area (Å²) in [6, 6.07) is 17.5. The molecule has 0 bridgehead atoms. The van der Waals surface area contributed by atoms with Gasteiger partial charge in [-0.15, -0.1) is 0 Å². The van der Waals surface area contributed by atoms with Crippen molar-refractivity contribution in [2.75, 3.05) is 19.1 Å². The summed E-state index contributed by atoms with van der Waals surface area (Å²) >= 11 is 0. The van der Waals surface area contributed by atoms with E-state index >= 15 is 0 Å².